The van der Waals surface area contributed by atoms with Crippen molar-refractivity contribution in [2.24, 2.45) is 5.73 Å². The lowest BCUT2D eigenvalue weighted by atomic mass is 9.85. The first-order valence-corrected chi connectivity index (χ1v) is 8.75. The number of hydrogen-bond donors (Lipinski definition) is 1. The number of anilines is 1. The molecule has 0 saturated heterocycles. The molecule has 0 aromatic heterocycles. The predicted octanol–water partition coefficient (Wildman–Crippen LogP) is 2.08. The molecule has 1 atom stereocenters. The molecular formula is C20H21N3O4. The molecule has 2 aliphatic heterocycles. The number of primary amides is 1. The van der Waals surface area contributed by atoms with E-state index in [-0.39, 0.29) is 18.6 Å². The fraction of sp³-hybridized carbons (Fsp3) is 0.300. The summed E-state index contributed by atoms with van der Waals surface area (Å²) in [4.78, 5) is 27.9. The number of methoxy groups -OCH3 is 2. The van der Waals surface area contributed by atoms with Gasteiger partial charge in [0.2, 0.25) is 5.91 Å². The minimum absolute atomic E-state index is 0.141. The molecule has 0 spiro atoms. The Balaban J connectivity index is 1.89. The van der Waals surface area contributed by atoms with Gasteiger partial charge in [-0.25, -0.2) is 4.79 Å². The first-order valence-electron chi connectivity index (χ1n) is 8.75. The number of nitrogens with two attached hydrogens (primary N) is 1. The Morgan fingerprint density at radius 2 is 1.85 bits per heavy atom. The Kier molecular flexibility index (Phi) is 4.14. The van der Waals surface area contributed by atoms with E-state index in [1.54, 1.807) is 19.1 Å². The van der Waals surface area contributed by atoms with E-state index in [2.05, 4.69) is 0 Å². The number of ether oxygens (including phenoxy) is 2. The average molecular weight is 367 g/mol. The summed E-state index contributed by atoms with van der Waals surface area (Å²) < 4.78 is 10.9. The second-order valence-corrected chi connectivity index (χ2v) is 6.65. The molecule has 2 heterocycles. The average Bonchev–Trinajstić information content (AvgIpc) is 2.69. The molecule has 3 amide bonds. The number of hydrogen-bond acceptors (Lipinski definition) is 4. The lowest BCUT2D eigenvalue weighted by Gasteiger charge is -2.45. The van der Waals surface area contributed by atoms with E-state index in [4.69, 9.17) is 15.2 Å². The Labute approximate surface area is 157 Å². The van der Waals surface area contributed by atoms with Crippen LogP contribution in [0.25, 0.3) is 0 Å². The molecule has 0 fully saturated rings. The molecule has 2 N–H and O–H groups in total. The van der Waals surface area contributed by atoms with E-state index < -0.39 is 5.91 Å². The number of fused-ring (bicyclic) bond motifs is 5. The second kappa shape index (κ2) is 6.50. The minimum atomic E-state index is -0.541. The van der Waals surface area contributed by atoms with Gasteiger partial charge < -0.3 is 20.1 Å². The van der Waals surface area contributed by atoms with Crippen LogP contribution < -0.4 is 20.1 Å². The van der Waals surface area contributed by atoms with Gasteiger partial charge in [-0.3, -0.25) is 9.69 Å². The van der Waals surface area contributed by atoms with Gasteiger partial charge in [0, 0.05) is 12.1 Å². The van der Waals surface area contributed by atoms with Crippen LogP contribution in [0.5, 0.6) is 11.5 Å². The fourth-order valence-corrected chi connectivity index (χ4v) is 4.02. The molecule has 2 aliphatic rings. The third-order valence-corrected chi connectivity index (χ3v) is 5.19. The Hall–Kier alpha value is -3.22. The SMILES string of the molecule is COc1cc2c(cc1OC)[C@H]1c3ccccc3N(CC(N)=O)C(=O)N1CC2. The van der Waals surface area contributed by atoms with Crippen LogP contribution >= 0.6 is 0 Å². The molecule has 2 aromatic rings. The lowest BCUT2D eigenvalue weighted by Crippen LogP contribution is -2.54. The molecule has 0 bridgehead atoms. The highest BCUT2D eigenvalue weighted by Gasteiger charge is 2.41. The van der Waals surface area contributed by atoms with Gasteiger partial charge in [0.25, 0.3) is 0 Å². The topological polar surface area (TPSA) is 85.1 Å². The maximum Gasteiger partial charge on any atom is 0.325 e. The van der Waals surface area contributed by atoms with Crippen LogP contribution in [0.2, 0.25) is 0 Å². The van der Waals surface area contributed by atoms with E-state index in [0.29, 0.717) is 30.2 Å². The van der Waals surface area contributed by atoms with Gasteiger partial charge in [-0.1, -0.05) is 18.2 Å². The number of benzene rings is 2. The quantitative estimate of drug-likeness (QED) is 0.897. The molecular weight excluding hydrogens is 346 g/mol. The van der Waals surface area contributed by atoms with Crippen LogP contribution in [0.4, 0.5) is 10.5 Å². The zero-order valence-electron chi connectivity index (χ0n) is 15.3. The van der Waals surface area contributed by atoms with Crippen molar-refractivity contribution in [1.82, 2.24) is 4.90 Å². The summed E-state index contributed by atoms with van der Waals surface area (Å²) in [6.45, 7) is 0.410. The summed E-state index contributed by atoms with van der Waals surface area (Å²) in [5.74, 6) is 0.762. The summed E-state index contributed by atoms with van der Waals surface area (Å²) in [5.41, 5.74) is 9.19. The van der Waals surface area contributed by atoms with Crippen LogP contribution in [0, 0.1) is 0 Å². The second-order valence-electron chi connectivity index (χ2n) is 6.65. The zero-order valence-corrected chi connectivity index (χ0v) is 15.3. The van der Waals surface area contributed by atoms with Gasteiger partial charge in [-0.15, -0.1) is 0 Å². The number of rotatable bonds is 4. The summed E-state index contributed by atoms with van der Waals surface area (Å²) in [6.07, 6.45) is 0.699. The van der Waals surface area contributed by atoms with Crippen molar-refractivity contribution in [1.29, 1.82) is 0 Å². The number of amides is 3. The molecule has 0 radical (unpaired) electrons. The molecule has 2 aromatic carbocycles. The van der Waals surface area contributed by atoms with Crippen LogP contribution in [-0.4, -0.2) is 44.1 Å². The number of carbonyl (C=O) groups is 2. The summed E-state index contributed by atoms with van der Waals surface area (Å²) >= 11 is 0. The van der Waals surface area contributed by atoms with Crippen LogP contribution in [0.3, 0.4) is 0 Å². The highest BCUT2D eigenvalue weighted by molar-refractivity contribution is 6.00. The largest absolute Gasteiger partial charge is 0.493 e. The number of nitrogens with zero attached hydrogens (tertiary/aromatic N) is 2. The molecule has 0 unspecified atom stereocenters. The third kappa shape index (κ3) is 2.66. The van der Waals surface area contributed by atoms with Crippen molar-refractivity contribution in [2.45, 2.75) is 12.5 Å². The Morgan fingerprint density at radius 1 is 1.15 bits per heavy atom. The van der Waals surface area contributed by atoms with Gasteiger partial charge in [-0.05, 0) is 35.7 Å². The molecule has 7 heteroatoms. The molecule has 7 nitrogen and oxygen atoms in total. The van der Waals surface area contributed by atoms with Gasteiger partial charge in [0.05, 0.1) is 25.9 Å². The highest BCUT2D eigenvalue weighted by atomic mass is 16.5. The van der Waals surface area contributed by atoms with E-state index in [0.717, 1.165) is 16.7 Å². The standard InChI is InChI=1S/C20H21N3O4/c1-26-16-9-12-7-8-22-19(14(12)10-17(16)27-2)13-5-3-4-6-15(13)23(20(22)25)11-18(21)24/h3-6,9-10,19H,7-8,11H2,1-2H3,(H2,21,24)/t19-/m1/s1. The van der Waals surface area contributed by atoms with Crippen molar-refractivity contribution in [3.05, 3.63) is 53.1 Å². The maximum atomic E-state index is 13.1. The van der Waals surface area contributed by atoms with Gasteiger partial charge in [0.1, 0.15) is 6.54 Å². The first kappa shape index (κ1) is 17.2. The number of urea groups is 1. The van der Waals surface area contributed by atoms with Crippen LogP contribution in [0.1, 0.15) is 22.7 Å². The summed E-state index contributed by atoms with van der Waals surface area (Å²) in [5, 5.41) is 0. The first-order chi connectivity index (χ1) is 13.0. The molecule has 140 valence electrons. The summed E-state index contributed by atoms with van der Waals surface area (Å²) in [6, 6.07) is 11.1. The smallest absolute Gasteiger partial charge is 0.325 e. The lowest BCUT2D eigenvalue weighted by molar-refractivity contribution is -0.116. The van der Waals surface area contributed by atoms with Gasteiger partial charge >= 0.3 is 6.03 Å². The monoisotopic (exact) mass is 367 g/mol. The van der Waals surface area contributed by atoms with Crippen molar-refractivity contribution in [3.8, 4) is 11.5 Å². The minimum Gasteiger partial charge on any atom is -0.493 e. The van der Waals surface area contributed by atoms with Crippen molar-refractivity contribution in [3.63, 3.8) is 0 Å². The molecule has 0 saturated carbocycles. The Bertz CT molecular complexity index is 927. The van der Waals surface area contributed by atoms with Crippen molar-refractivity contribution in [2.75, 3.05) is 32.2 Å². The van der Waals surface area contributed by atoms with Crippen LogP contribution in [-0.2, 0) is 11.2 Å². The van der Waals surface area contributed by atoms with E-state index in [1.165, 1.54) is 4.90 Å². The molecule has 0 aliphatic carbocycles. The number of carbonyl (C=O) groups excluding carboxylic acids is 2. The maximum absolute atomic E-state index is 13.1. The van der Waals surface area contributed by atoms with E-state index >= 15 is 0 Å². The van der Waals surface area contributed by atoms with Crippen LogP contribution in [0.15, 0.2) is 36.4 Å². The van der Waals surface area contributed by atoms with Crippen molar-refractivity contribution >= 4 is 17.6 Å². The summed E-state index contributed by atoms with van der Waals surface area (Å²) in [7, 11) is 3.21. The van der Waals surface area contributed by atoms with Gasteiger partial charge in [0.15, 0.2) is 11.5 Å². The normalized spacial score (nSPS) is 17.7. The Morgan fingerprint density at radius 3 is 2.56 bits per heavy atom. The zero-order chi connectivity index (χ0) is 19.1. The van der Waals surface area contributed by atoms with Crippen molar-refractivity contribution < 1.29 is 19.1 Å². The van der Waals surface area contributed by atoms with Gasteiger partial charge in [-0.2, -0.15) is 0 Å². The van der Waals surface area contributed by atoms with E-state index in [1.807, 2.05) is 36.4 Å². The number of para-hydroxylation sites is 1. The highest BCUT2D eigenvalue weighted by Crippen LogP contribution is 2.46. The predicted molar refractivity (Wildman–Crippen MR) is 100 cm³/mol. The fourth-order valence-electron chi connectivity index (χ4n) is 4.02. The molecule has 27 heavy (non-hydrogen) atoms. The molecule has 4 rings (SSSR count). The van der Waals surface area contributed by atoms with E-state index in [9.17, 15) is 9.59 Å². The third-order valence-electron chi connectivity index (χ3n) is 5.19.